The quantitative estimate of drug-likeness (QED) is 0.142. The largest absolute Gasteiger partial charge is 0.417 e. The molecule has 108 heavy (non-hydrogen) atoms. The van der Waals surface area contributed by atoms with Gasteiger partial charge in [-0.25, -0.2) is 32.0 Å². The van der Waals surface area contributed by atoms with Crippen LogP contribution >= 0.6 is 11.3 Å². The van der Waals surface area contributed by atoms with Crippen molar-refractivity contribution in [3.63, 3.8) is 0 Å². The third-order valence-corrected chi connectivity index (χ3v) is 22.6. The first-order valence-electron chi connectivity index (χ1n) is 43.4. The molecule has 0 atom stereocenters. The van der Waals surface area contributed by atoms with Gasteiger partial charge in [0, 0.05) is 132 Å². The van der Waals surface area contributed by atoms with E-state index in [1.165, 1.54) is 39.8 Å². The molecule has 5 aliphatic heterocycles. The number of imidazole rings is 5. The average molecular weight is 1450 g/mol. The molecule has 5 aliphatic rings. The molecular formula is C83H66N23OS+5. The van der Waals surface area contributed by atoms with Gasteiger partial charge < -0.3 is 4.42 Å². The van der Waals surface area contributed by atoms with Crippen molar-refractivity contribution in [2.75, 3.05) is 0 Å². The second kappa shape index (κ2) is 23.1. The van der Waals surface area contributed by atoms with E-state index in [0.717, 1.165) is 120 Å². The van der Waals surface area contributed by atoms with Gasteiger partial charge in [0.2, 0.25) is 27.8 Å². The van der Waals surface area contributed by atoms with Crippen LogP contribution in [0.2, 0.25) is 0 Å². The monoisotopic (exact) mass is 1450 g/mol. The zero-order chi connectivity index (χ0) is 87.1. The smallest absolute Gasteiger partial charge is 0.339 e. The summed E-state index contributed by atoms with van der Waals surface area (Å²) in [7, 11) is 1.95. The lowest BCUT2D eigenvalue weighted by molar-refractivity contribution is -0.652. The van der Waals surface area contributed by atoms with E-state index in [1.807, 2.05) is 95.0 Å². The molecule has 0 radical (unpaired) electrons. The molecule has 24 nitrogen and oxygen atoms in total. The van der Waals surface area contributed by atoms with Crippen LogP contribution in [0.5, 0.6) is 0 Å². The summed E-state index contributed by atoms with van der Waals surface area (Å²) in [6.07, 6.45) is 33.9. The van der Waals surface area contributed by atoms with Crippen molar-refractivity contribution >= 4 is 120 Å². The highest BCUT2D eigenvalue weighted by atomic mass is 32.1. The van der Waals surface area contributed by atoms with E-state index in [2.05, 4.69) is 68.1 Å². The molecule has 21 aromatic rings. The van der Waals surface area contributed by atoms with Gasteiger partial charge in [-0.1, -0.05) is 29.5 Å². The lowest BCUT2D eigenvalue weighted by atomic mass is 10.2. The fraction of sp³-hybridized carbons (Fsp3) is 0.145. The molecular weight excluding hydrogens is 1370 g/mol. The number of fused-ring (bicyclic) bond motifs is 35. The topological polar surface area (TPSA) is 201 Å². The Morgan fingerprint density at radius 1 is 0.333 bits per heavy atom. The minimum Gasteiger partial charge on any atom is -0.417 e. The number of aromatic nitrogens is 23. The van der Waals surface area contributed by atoms with Crippen molar-refractivity contribution in [3.05, 3.63) is 243 Å². The van der Waals surface area contributed by atoms with Gasteiger partial charge in [0.25, 0.3) is 28.6 Å². The highest BCUT2D eigenvalue weighted by Crippen LogP contribution is 2.42. The maximum Gasteiger partial charge on any atom is 0.339 e. The molecule has 25 heterocycles. The van der Waals surface area contributed by atoms with Crippen LogP contribution in [0.25, 0.3) is 171 Å². The van der Waals surface area contributed by atoms with Crippen LogP contribution in [0.3, 0.4) is 0 Å². The van der Waals surface area contributed by atoms with E-state index in [1.54, 1.807) is 140 Å². The molecule has 0 spiro atoms. The summed E-state index contributed by atoms with van der Waals surface area (Å²) in [6.45, 7) is -11.3. The van der Waals surface area contributed by atoms with Gasteiger partial charge in [-0.15, -0.1) is 0 Å². The average Bonchev–Trinajstić information content (AvgIpc) is 1.54. The van der Waals surface area contributed by atoms with Crippen LogP contribution in [-0.4, -0.2) is 86.4 Å². The van der Waals surface area contributed by atoms with Crippen LogP contribution in [0.4, 0.5) is 0 Å². The molecule has 0 aliphatic carbocycles. The fourth-order valence-corrected chi connectivity index (χ4v) is 17.9. The molecule has 26 rings (SSSR count). The summed E-state index contributed by atoms with van der Waals surface area (Å²) in [5, 5.41) is 3.98. The highest BCUT2D eigenvalue weighted by Gasteiger charge is 2.41. The van der Waals surface area contributed by atoms with Crippen LogP contribution in [0.1, 0.15) is 52.5 Å². The molecule has 20 aromatic heterocycles. The Balaban J connectivity index is 0.0000000935. The molecule has 0 bridgehead atoms. The van der Waals surface area contributed by atoms with Crippen molar-refractivity contribution in [3.8, 4) is 62.6 Å². The summed E-state index contributed by atoms with van der Waals surface area (Å²) in [6, 6.07) is 28.6. The van der Waals surface area contributed by atoms with Gasteiger partial charge in [-0.05, 0) is 72.8 Å². The number of rotatable bonds is 1. The number of thiophene rings is 1. The molecule has 520 valence electrons. The third kappa shape index (κ3) is 8.51. The number of hydrogen-bond donors (Lipinski definition) is 0. The van der Waals surface area contributed by atoms with Crippen molar-refractivity contribution in [1.29, 1.82) is 0 Å². The summed E-state index contributed by atoms with van der Waals surface area (Å²) in [5.74, 6) is 3.13. The second-order valence-corrected chi connectivity index (χ2v) is 27.9. The molecule has 0 saturated carbocycles. The van der Waals surface area contributed by atoms with Gasteiger partial charge in [0.1, 0.15) is 35.3 Å². The second-order valence-electron chi connectivity index (χ2n) is 26.9. The predicted octanol–water partition coefficient (Wildman–Crippen LogP) is 11.3. The molecule has 0 unspecified atom stereocenters. The highest BCUT2D eigenvalue weighted by molar-refractivity contribution is 7.25. The molecule has 0 fully saturated rings. The maximum absolute atomic E-state index is 8.31. The molecule has 0 saturated heterocycles. The number of hydrogen-bond acceptors (Lipinski definition) is 12. The Kier molecular flexibility index (Phi) is 9.86. The third-order valence-electron chi connectivity index (χ3n) is 21.4. The van der Waals surface area contributed by atoms with Gasteiger partial charge in [-0.2, -0.15) is 4.57 Å². The maximum atomic E-state index is 8.31. The zero-order valence-electron chi connectivity index (χ0n) is 74.8. The fourth-order valence-electron chi connectivity index (χ4n) is 16.8. The summed E-state index contributed by atoms with van der Waals surface area (Å²) >= 11 is 1.58. The van der Waals surface area contributed by atoms with Crippen LogP contribution in [0, 0.1) is 0 Å². The van der Waals surface area contributed by atoms with Crippen LogP contribution in [-0.2, 0) is 81.6 Å². The van der Waals surface area contributed by atoms with E-state index in [-0.39, 0.29) is 0 Å². The summed E-state index contributed by atoms with van der Waals surface area (Å²) < 4.78 is 175. The Morgan fingerprint density at radius 3 is 1.23 bits per heavy atom. The molecule has 0 amide bonds. The molecule has 0 N–H and O–H groups in total. The van der Waals surface area contributed by atoms with E-state index >= 15 is 0 Å². The Morgan fingerprint density at radius 2 is 0.704 bits per heavy atom. The molecule has 25 heteroatoms. The Labute approximate surface area is 643 Å². The van der Waals surface area contributed by atoms with E-state index in [9.17, 15) is 0 Å². The number of nitrogens with zero attached hydrogens (tertiary/aromatic N) is 23. The van der Waals surface area contributed by atoms with Crippen molar-refractivity contribution in [2.45, 2.75) is 32.7 Å². The van der Waals surface area contributed by atoms with Gasteiger partial charge in [0.05, 0.1) is 172 Å². The van der Waals surface area contributed by atoms with Crippen molar-refractivity contribution in [2.24, 2.45) is 48.9 Å². The van der Waals surface area contributed by atoms with Crippen molar-refractivity contribution < 1.29 is 51.9 Å². The number of pyridine rings is 10. The number of benzene rings is 1. The van der Waals surface area contributed by atoms with E-state index in [4.69, 9.17) is 29.1 Å². The van der Waals surface area contributed by atoms with Gasteiger partial charge in [0.15, 0.2) is 27.6 Å². The predicted molar refractivity (Wildman–Crippen MR) is 411 cm³/mol. The van der Waals surface area contributed by atoms with Gasteiger partial charge >= 0.3 is 5.71 Å². The standard InChI is InChI=1S/C21H16N5.2C16H14N5.C15H11N4O.C15H11N4S/c1-24-19-16-8-10-23-12-18(16)26(15-5-3-2-4-6-15)21(19)25-13-14-7-9-22-11-17(14)20(24)25;2*1-19-13-8-18-6-4-11(13)14-16(19)21-9-10-3-5-17-7-12(10)15(21)20(14)2;2*1-18-13-10-3-5-17-7-12(10)20-15(13)19-8-9-2-4-16-6-11(9)14(18)19/h2-12H,13H2,1H3;2*3-8H,9H2,1-2H3;2*2-7H,8H2,1H3/q5*+1/i1D3;1D3,2D3;2D3;2*1D3. The summed E-state index contributed by atoms with van der Waals surface area (Å²) in [4.78, 5) is 42.6. The minimum atomic E-state index is -2.49. The lowest BCUT2D eigenvalue weighted by Gasteiger charge is -2.02. The lowest BCUT2D eigenvalue weighted by Crippen LogP contribution is -2.33. The van der Waals surface area contributed by atoms with E-state index < -0.39 is 41.9 Å². The first kappa shape index (κ1) is 46.1. The van der Waals surface area contributed by atoms with Gasteiger partial charge in [-0.3, -0.25) is 72.7 Å². The Bertz CT molecular complexity index is 7990. The first-order chi connectivity index (χ1) is 60.3. The zero-order valence-corrected chi connectivity index (χ0v) is 57.7. The van der Waals surface area contributed by atoms with E-state index in [0.29, 0.717) is 112 Å². The summed E-state index contributed by atoms with van der Waals surface area (Å²) in [5.41, 5.74) is 18.8. The first-order valence-corrected chi connectivity index (χ1v) is 35.2. The van der Waals surface area contributed by atoms with Crippen molar-refractivity contribution in [1.82, 2.24) is 86.4 Å². The number of furan rings is 1. The van der Waals surface area contributed by atoms with Crippen LogP contribution in [0.15, 0.2) is 219 Å². The Hall–Kier alpha value is -13.8. The normalized spacial score (nSPS) is 16.1. The minimum absolute atomic E-state index is 0.348. The van der Waals surface area contributed by atoms with Crippen LogP contribution < -0.4 is 22.8 Å². The number of para-hydroxylation sites is 1. The number of aryl methyl sites for hydroxylation is 7. The SMILES string of the molecule is [2H]C([2H])([2H])n1c2[n+](c3c1c1ccncc1n3-c1ccccc1)Cc1ccncc1-2.[2H]C([2H])([2H])n1c2[n+](c3c1c1ccncc1n3C([2H])([2H])[2H])Cc1ccncc1-2.[2H]C([2H])([2H])n1c2[n+](c3c1c1ccncc1n3C)Cc1ccncc1-2.[2H]C([2H])([2H])n1c2[n+](c3oc4cnccc4c31)Cc1ccncc1-2.[2H]C([2H])([2H])n1c2[n+](c3sc4cnccc4c31)Cc1ccncc1-2. The molecule has 1 aromatic carbocycles.